The van der Waals surface area contributed by atoms with E-state index in [1.165, 1.54) is 11.8 Å². The Morgan fingerprint density at radius 3 is 2.38 bits per heavy atom. The quantitative estimate of drug-likeness (QED) is 0.330. The molecule has 162 valence electrons. The molecule has 4 aromatic rings. The van der Waals surface area contributed by atoms with Crippen LogP contribution in [0.5, 0.6) is 0 Å². The fraction of sp³-hybridized carbons (Fsp3) is 0.192. The van der Waals surface area contributed by atoms with Crippen LogP contribution in [0, 0.1) is 20.8 Å². The summed E-state index contributed by atoms with van der Waals surface area (Å²) in [6.45, 7) is 7.82. The first kappa shape index (κ1) is 21.8. The van der Waals surface area contributed by atoms with E-state index in [0.717, 1.165) is 28.1 Å². The van der Waals surface area contributed by atoms with Gasteiger partial charge < -0.3 is 5.32 Å². The van der Waals surface area contributed by atoms with E-state index in [2.05, 4.69) is 5.32 Å². The number of aryl methyl sites for hydroxylation is 3. The molecular formula is C26H25N3O2S. The van der Waals surface area contributed by atoms with Crippen LogP contribution in [0.25, 0.3) is 16.6 Å². The standard InChI is InChI=1S/C26H25N3O2S/c1-16-9-12-20(13-10-16)29-25(31)21-7-5-6-8-23(21)28-26(29)32-19(4)24(30)27-22-14-11-17(2)15-18(22)3/h5-15,19H,1-4H3,(H,27,30). The van der Waals surface area contributed by atoms with Crippen LogP contribution in [-0.4, -0.2) is 20.7 Å². The van der Waals surface area contributed by atoms with Crippen molar-refractivity contribution in [2.24, 2.45) is 0 Å². The van der Waals surface area contributed by atoms with Gasteiger partial charge in [0.15, 0.2) is 5.16 Å². The average molecular weight is 444 g/mol. The number of aromatic nitrogens is 2. The van der Waals surface area contributed by atoms with Crippen molar-refractivity contribution in [3.05, 3.63) is 93.8 Å². The van der Waals surface area contributed by atoms with Gasteiger partial charge in [0.2, 0.25) is 5.91 Å². The van der Waals surface area contributed by atoms with Gasteiger partial charge in [-0.1, -0.05) is 59.3 Å². The Kier molecular flexibility index (Phi) is 6.15. The van der Waals surface area contributed by atoms with Crippen LogP contribution in [0.1, 0.15) is 23.6 Å². The number of nitrogens with one attached hydrogen (secondary N) is 1. The molecule has 1 atom stereocenters. The second-order valence-corrected chi connectivity index (χ2v) is 9.26. The zero-order chi connectivity index (χ0) is 22.8. The maximum Gasteiger partial charge on any atom is 0.266 e. The van der Waals surface area contributed by atoms with Crippen molar-refractivity contribution >= 4 is 34.3 Å². The van der Waals surface area contributed by atoms with E-state index in [1.807, 2.05) is 88.4 Å². The first-order valence-electron chi connectivity index (χ1n) is 10.5. The van der Waals surface area contributed by atoms with Crippen molar-refractivity contribution in [1.82, 2.24) is 9.55 Å². The summed E-state index contributed by atoms with van der Waals surface area (Å²) < 4.78 is 1.59. The minimum absolute atomic E-state index is 0.139. The van der Waals surface area contributed by atoms with Crippen molar-refractivity contribution in [2.45, 2.75) is 38.1 Å². The molecule has 0 aliphatic rings. The number of thioether (sulfide) groups is 1. The highest BCUT2D eigenvalue weighted by Crippen LogP contribution is 2.26. The SMILES string of the molecule is Cc1ccc(-n2c(SC(C)C(=O)Nc3ccc(C)cc3C)nc3ccccc3c2=O)cc1. The highest BCUT2D eigenvalue weighted by molar-refractivity contribution is 8.00. The van der Waals surface area contributed by atoms with Gasteiger partial charge in [-0.05, 0) is 63.6 Å². The predicted octanol–water partition coefficient (Wildman–Crippen LogP) is 5.43. The molecule has 3 aromatic carbocycles. The Hall–Kier alpha value is -3.38. The molecule has 0 aliphatic carbocycles. The Morgan fingerprint density at radius 2 is 1.66 bits per heavy atom. The van der Waals surface area contributed by atoms with Crippen LogP contribution in [0.4, 0.5) is 5.69 Å². The lowest BCUT2D eigenvalue weighted by Gasteiger charge is -2.17. The van der Waals surface area contributed by atoms with Crippen molar-refractivity contribution in [3.8, 4) is 5.69 Å². The molecule has 0 saturated carbocycles. The molecule has 0 radical (unpaired) electrons. The Labute approximate surface area is 191 Å². The maximum absolute atomic E-state index is 13.4. The largest absolute Gasteiger partial charge is 0.325 e. The molecule has 32 heavy (non-hydrogen) atoms. The summed E-state index contributed by atoms with van der Waals surface area (Å²) in [5.74, 6) is -0.139. The lowest BCUT2D eigenvalue weighted by Crippen LogP contribution is -2.26. The molecule has 0 fully saturated rings. The molecule has 1 N–H and O–H groups in total. The summed E-state index contributed by atoms with van der Waals surface area (Å²) in [6.07, 6.45) is 0. The van der Waals surface area contributed by atoms with Gasteiger partial charge in [-0.25, -0.2) is 4.98 Å². The lowest BCUT2D eigenvalue weighted by atomic mass is 10.1. The molecule has 1 amide bonds. The number of rotatable bonds is 5. The van der Waals surface area contributed by atoms with Crippen molar-refractivity contribution < 1.29 is 4.79 Å². The van der Waals surface area contributed by atoms with Gasteiger partial charge in [-0.2, -0.15) is 0 Å². The van der Waals surface area contributed by atoms with Crippen molar-refractivity contribution in [1.29, 1.82) is 0 Å². The summed E-state index contributed by atoms with van der Waals surface area (Å²) in [4.78, 5) is 31.0. The molecule has 1 aromatic heterocycles. The second-order valence-electron chi connectivity index (χ2n) is 7.96. The van der Waals surface area contributed by atoms with E-state index in [4.69, 9.17) is 4.98 Å². The van der Waals surface area contributed by atoms with Gasteiger partial charge in [0.25, 0.3) is 5.56 Å². The first-order chi connectivity index (χ1) is 15.3. The number of carbonyl (C=O) groups is 1. The van der Waals surface area contributed by atoms with Crippen LogP contribution >= 0.6 is 11.8 Å². The fourth-order valence-corrected chi connectivity index (χ4v) is 4.44. The number of fused-ring (bicyclic) bond motifs is 1. The Bertz CT molecular complexity index is 1360. The molecule has 0 aliphatic heterocycles. The van der Waals surface area contributed by atoms with Gasteiger partial charge in [0.1, 0.15) is 0 Å². The first-order valence-corrected chi connectivity index (χ1v) is 11.3. The molecule has 0 bridgehead atoms. The fourth-order valence-electron chi connectivity index (χ4n) is 3.51. The summed E-state index contributed by atoms with van der Waals surface area (Å²) >= 11 is 1.27. The van der Waals surface area contributed by atoms with Gasteiger partial charge in [-0.15, -0.1) is 0 Å². The number of para-hydroxylation sites is 1. The summed E-state index contributed by atoms with van der Waals surface area (Å²) in [5.41, 5.74) is 5.24. The number of amides is 1. The average Bonchev–Trinajstić information content (AvgIpc) is 2.77. The Balaban J connectivity index is 1.71. The maximum atomic E-state index is 13.4. The van der Waals surface area contributed by atoms with E-state index in [-0.39, 0.29) is 11.5 Å². The number of benzene rings is 3. The third-order valence-electron chi connectivity index (χ3n) is 5.33. The number of hydrogen-bond acceptors (Lipinski definition) is 4. The van der Waals surface area contributed by atoms with Crippen LogP contribution in [0.15, 0.2) is 76.7 Å². The summed E-state index contributed by atoms with van der Waals surface area (Å²) in [6, 6.07) is 20.9. The number of nitrogens with zero attached hydrogens (tertiary/aromatic N) is 2. The number of anilines is 1. The monoisotopic (exact) mass is 443 g/mol. The van der Waals surface area contributed by atoms with Gasteiger partial charge in [0.05, 0.1) is 21.8 Å². The highest BCUT2D eigenvalue weighted by atomic mass is 32.2. The molecule has 0 spiro atoms. The van der Waals surface area contributed by atoms with E-state index in [0.29, 0.717) is 16.1 Å². The highest BCUT2D eigenvalue weighted by Gasteiger charge is 2.21. The molecule has 0 saturated heterocycles. The third-order valence-corrected chi connectivity index (χ3v) is 6.38. The lowest BCUT2D eigenvalue weighted by molar-refractivity contribution is -0.115. The van der Waals surface area contributed by atoms with E-state index in [9.17, 15) is 9.59 Å². The van der Waals surface area contributed by atoms with E-state index < -0.39 is 5.25 Å². The van der Waals surface area contributed by atoms with Crippen molar-refractivity contribution in [3.63, 3.8) is 0 Å². The van der Waals surface area contributed by atoms with Gasteiger partial charge >= 0.3 is 0 Å². The van der Waals surface area contributed by atoms with E-state index >= 15 is 0 Å². The van der Waals surface area contributed by atoms with Crippen LogP contribution < -0.4 is 10.9 Å². The van der Waals surface area contributed by atoms with Crippen LogP contribution in [-0.2, 0) is 4.79 Å². The summed E-state index contributed by atoms with van der Waals surface area (Å²) in [5, 5.41) is 3.58. The third kappa shape index (κ3) is 4.46. The molecule has 1 unspecified atom stereocenters. The molecule has 4 rings (SSSR count). The zero-order valence-electron chi connectivity index (χ0n) is 18.5. The molecule has 5 nitrogen and oxygen atoms in total. The summed E-state index contributed by atoms with van der Waals surface area (Å²) in [7, 11) is 0. The minimum Gasteiger partial charge on any atom is -0.325 e. The topological polar surface area (TPSA) is 64.0 Å². The van der Waals surface area contributed by atoms with E-state index in [1.54, 1.807) is 10.6 Å². The normalized spacial score (nSPS) is 12.0. The zero-order valence-corrected chi connectivity index (χ0v) is 19.4. The van der Waals surface area contributed by atoms with Gasteiger partial charge in [-0.3, -0.25) is 14.2 Å². The molecular weight excluding hydrogens is 418 g/mol. The van der Waals surface area contributed by atoms with Crippen LogP contribution in [0.3, 0.4) is 0 Å². The molecule has 6 heteroatoms. The number of hydrogen-bond donors (Lipinski definition) is 1. The second kappa shape index (κ2) is 9.01. The minimum atomic E-state index is -0.458. The smallest absolute Gasteiger partial charge is 0.266 e. The molecule has 1 heterocycles. The van der Waals surface area contributed by atoms with Crippen LogP contribution in [0.2, 0.25) is 0 Å². The van der Waals surface area contributed by atoms with Gasteiger partial charge in [0, 0.05) is 5.69 Å². The van der Waals surface area contributed by atoms with Crippen molar-refractivity contribution in [2.75, 3.05) is 5.32 Å². The predicted molar refractivity (Wildman–Crippen MR) is 132 cm³/mol. The Morgan fingerprint density at radius 1 is 0.969 bits per heavy atom. The number of carbonyl (C=O) groups excluding carboxylic acids is 1.